The summed E-state index contributed by atoms with van der Waals surface area (Å²) < 4.78 is 6.88. The zero-order valence-electron chi connectivity index (χ0n) is 11.5. The summed E-state index contributed by atoms with van der Waals surface area (Å²) in [6, 6.07) is 14.5. The van der Waals surface area contributed by atoms with Crippen LogP contribution >= 0.6 is 31.9 Å². The number of aryl methyl sites for hydroxylation is 1. The highest BCUT2D eigenvalue weighted by atomic mass is 79.9. The van der Waals surface area contributed by atoms with Crippen LogP contribution in [0.15, 0.2) is 46.9 Å². The third kappa shape index (κ3) is 4.35. The van der Waals surface area contributed by atoms with Gasteiger partial charge >= 0.3 is 0 Å². The van der Waals surface area contributed by atoms with Crippen LogP contribution in [0, 0.1) is 0 Å². The average Bonchev–Trinajstić information content (AvgIpc) is 2.48. The fourth-order valence-corrected chi connectivity index (χ4v) is 2.80. The molecule has 0 atom stereocenters. The Labute approximate surface area is 137 Å². The minimum Gasteiger partial charge on any atom is -0.456 e. The number of hydrogen-bond donors (Lipinski definition) is 0. The van der Waals surface area contributed by atoms with E-state index in [2.05, 4.69) is 63.0 Å². The molecule has 0 saturated heterocycles. The highest BCUT2D eigenvalue weighted by Crippen LogP contribution is 2.31. The molecule has 2 aromatic carbocycles. The number of hydrogen-bond acceptors (Lipinski definition) is 1. The highest BCUT2D eigenvalue weighted by Gasteiger charge is 2.04. The van der Waals surface area contributed by atoms with Gasteiger partial charge in [0.15, 0.2) is 0 Å². The quantitative estimate of drug-likeness (QED) is 0.507. The molecule has 0 aliphatic rings. The van der Waals surface area contributed by atoms with E-state index in [9.17, 15) is 0 Å². The molecule has 1 nitrogen and oxygen atoms in total. The van der Waals surface area contributed by atoms with Crippen LogP contribution < -0.4 is 4.74 Å². The Morgan fingerprint density at radius 3 is 2.30 bits per heavy atom. The van der Waals surface area contributed by atoms with E-state index in [0.717, 1.165) is 27.7 Å². The Morgan fingerprint density at radius 2 is 1.70 bits per heavy atom. The van der Waals surface area contributed by atoms with Crippen molar-refractivity contribution in [3.05, 3.63) is 58.1 Å². The first kappa shape index (κ1) is 15.6. The minimum atomic E-state index is 0.844. The molecule has 20 heavy (non-hydrogen) atoms. The van der Waals surface area contributed by atoms with Crippen LogP contribution in [0.5, 0.6) is 11.5 Å². The second-order valence-corrected chi connectivity index (χ2v) is 6.16. The Kier molecular flexibility index (Phi) is 6.11. The molecule has 0 fully saturated rings. The fraction of sp³-hybridized carbons (Fsp3) is 0.294. The van der Waals surface area contributed by atoms with Crippen LogP contribution in [0.3, 0.4) is 0 Å². The van der Waals surface area contributed by atoms with Crippen LogP contribution in [0.2, 0.25) is 0 Å². The lowest BCUT2D eigenvalue weighted by atomic mass is 10.1. The third-order valence-corrected chi connectivity index (χ3v) is 4.39. The average molecular weight is 398 g/mol. The van der Waals surface area contributed by atoms with Crippen LogP contribution in [-0.2, 0) is 11.8 Å². The summed E-state index contributed by atoms with van der Waals surface area (Å²) in [4.78, 5) is 0. The molecule has 0 unspecified atom stereocenters. The van der Waals surface area contributed by atoms with Crippen molar-refractivity contribution >= 4 is 31.9 Å². The van der Waals surface area contributed by atoms with Gasteiger partial charge in [0, 0.05) is 5.33 Å². The van der Waals surface area contributed by atoms with Gasteiger partial charge in [0.1, 0.15) is 11.5 Å². The molecule has 0 saturated carbocycles. The maximum Gasteiger partial charge on any atom is 0.141 e. The molecule has 0 radical (unpaired) electrons. The molecular formula is C17H18Br2O. The third-order valence-electron chi connectivity index (χ3n) is 3.12. The smallest absolute Gasteiger partial charge is 0.141 e. The molecular weight excluding hydrogens is 380 g/mol. The number of halogens is 2. The molecule has 2 rings (SSSR count). The summed E-state index contributed by atoms with van der Waals surface area (Å²) in [5.41, 5.74) is 2.59. The van der Waals surface area contributed by atoms with Gasteiger partial charge in [-0.1, -0.05) is 47.5 Å². The molecule has 106 valence electrons. The van der Waals surface area contributed by atoms with E-state index in [1.54, 1.807) is 0 Å². The van der Waals surface area contributed by atoms with Gasteiger partial charge in [-0.15, -0.1) is 0 Å². The zero-order valence-corrected chi connectivity index (χ0v) is 14.7. The molecule has 0 heterocycles. The first-order valence-corrected chi connectivity index (χ1v) is 8.75. The molecule has 0 aliphatic carbocycles. The Bertz CT molecular complexity index is 549. The Hall–Kier alpha value is -0.800. The highest BCUT2D eigenvalue weighted by molar-refractivity contribution is 9.10. The molecule has 0 bridgehead atoms. The maximum atomic E-state index is 5.91. The van der Waals surface area contributed by atoms with E-state index in [-0.39, 0.29) is 0 Å². The summed E-state index contributed by atoms with van der Waals surface area (Å²) in [5.74, 6) is 1.72. The van der Waals surface area contributed by atoms with Gasteiger partial charge in [-0.05, 0) is 64.2 Å². The Morgan fingerprint density at radius 1 is 1.00 bits per heavy atom. The number of unbranched alkanes of at least 4 members (excludes halogenated alkanes) is 1. The van der Waals surface area contributed by atoms with Crippen molar-refractivity contribution in [1.29, 1.82) is 0 Å². The molecule has 0 spiro atoms. The minimum absolute atomic E-state index is 0.844. The van der Waals surface area contributed by atoms with Crippen molar-refractivity contribution in [2.45, 2.75) is 31.5 Å². The van der Waals surface area contributed by atoms with Gasteiger partial charge in [-0.25, -0.2) is 0 Å². The van der Waals surface area contributed by atoms with E-state index in [4.69, 9.17) is 4.74 Å². The first-order valence-electron chi connectivity index (χ1n) is 6.84. The SMILES string of the molecule is CCCCc1ccc(Oc2ccc(CBr)cc2Br)cc1. The van der Waals surface area contributed by atoms with Gasteiger partial charge in [0.2, 0.25) is 0 Å². The van der Waals surface area contributed by atoms with E-state index >= 15 is 0 Å². The number of benzene rings is 2. The van der Waals surface area contributed by atoms with E-state index in [1.807, 2.05) is 18.2 Å². The lowest BCUT2D eigenvalue weighted by Crippen LogP contribution is -1.89. The van der Waals surface area contributed by atoms with Gasteiger partial charge in [0.25, 0.3) is 0 Å². The number of ether oxygens (including phenoxy) is 1. The summed E-state index contributed by atoms with van der Waals surface area (Å²) in [5, 5.41) is 0.845. The molecule has 0 amide bonds. The summed E-state index contributed by atoms with van der Waals surface area (Å²) in [7, 11) is 0. The van der Waals surface area contributed by atoms with E-state index in [1.165, 1.54) is 24.0 Å². The van der Waals surface area contributed by atoms with Crippen molar-refractivity contribution < 1.29 is 4.74 Å². The van der Waals surface area contributed by atoms with Crippen LogP contribution in [0.4, 0.5) is 0 Å². The van der Waals surface area contributed by atoms with Gasteiger partial charge in [-0.2, -0.15) is 0 Å². The van der Waals surface area contributed by atoms with Crippen molar-refractivity contribution in [2.75, 3.05) is 0 Å². The van der Waals surface area contributed by atoms with Crippen molar-refractivity contribution in [1.82, 2.24) is 0 Å². The topological polar surface area (TPSA) is 9.23 Å². The van der Waals surface area contributed by atoms with Crippen molar-refractivity contribution in [2.24, 2.45) is 0 Å². The lowest BCUT2D eigenvalue weighted by molar-refractivity contribution is 0.479. The number of rotatable bonds is 6. The van der Waals surface area contributed by atoms with Crippen LogP contribution in [0.25, 0.3) is 0 Å². The molecule has 0 aromatic heterocycles. The standard InChI is InChI=1S/C17H18Br2O/c1-2-3-4-13-5-8-15(9-6-13)20-17-10-7-14(12-18)11-16(17)19/h5-11H,2-4,12H2,1H3. The maximum absolute atomic E-state index is 5.91. The summed E-state index contributed by atoms with van der Waals surface area (Å²) >= 11 is 7.00. The molecule has 3 heteroatoms. The van der Waals surface area contributed by atoms with Crippen LogP contribution in [0.1, 0.15) is 30.9 Å². The van der Waals surface area contributed by atoms with Crippen LogP contribution in [-0.4, -0.2) is 0 Å². The second-order valence-electron chi connectivity index (χ2n) is 4.75. The molecule has 0 aliphatic heterocycles. The predicted octanol–water partition coefficient (Wildman–Crippen LogP) is 6.48. The fourth-order valence-electron chi connectivity index (χ4n) is 1.94. The van der Waals surface area contributed by atoms with E-state index in [0.29, 0.717) is 0 Å². The van der Waals surface area contributed by atoms with Gasteiger partial charge < -0.3 is 4.74 Å². The van der Waals surface area contributed by atoms with Gasteiger partial charge in [-0.3, -0.25) is 0 Å². The zero-order chi connectivity index (χ0) is 14.4. The van der Waals surface area contributed by atoms with Crippen molar-refractivity contribution in [3.8, 4) is 11.5 Å². The van der Waals surface area contributed by atoms with E-state index < -0.39 is 0 Å². The number of alkyl halides is 1. The molecule has 0 N–H and O–H groups in total. The summed E-state index contributed by atoms with van der Waals surface area (Å²) in [6.45, 7) is 2.21. The van der Waals surface area contributed by atoms with Gasteiger partial charge in [0.05, 0.1) is 4.47 Å². The first-order chi connectivity index (χ1) is 9.72. The monoisotopic (exact) mass is 396 g/mol. The predicted molar refractivity (Wildman–Crippen MR) is 91.9 cm³/mol. The largest absolute Gasteiger partial charge is 0.456 e. The molecule has 2 aromatic rings. The van der Waals surface area contributed by atoms with Crippen molar-refractivity contribution in [3.63, 3.8) is 0 Å². The normalized spacial score (nSPS) is 10.6. The summed E-state index contributed by atoms with van der Waals surface area (Å²) in [6.07, 6.45) is 3.60. The Balaban J connectivity index is 2.06. The lowest BCUT2D eigenvalue weighted by Gasteiger charge is -2.09. The second kappa shape index (κ2) is 7.84.